The second kappa shape index (κ2) is 8.45. The van der Waals surface area contributed by atoms with Gasteiger partial charge in [0.05, 0.1) is 13.0 Å². The number of benzene rings is 2. The van der Waals surface area contributed by atoms with E-state index in [9.17, 15) is 14.0 Å². The highest BCUT2D eigenvalue weighted by atomic mass is 19.1. The topological polar surface area (TPSA) is 68.4 Å². The lowest BCUT2D eigenvalue weighted by Gasteiger charge is -2.34. The normalized spacial score (nSPS) is 14.9. The van der Waals surface area contributed by atoms with Gasteiger partial charge in [-0.1, -0.05) is 24.3 Å². The molecule has 7 heteroatoms. The summed E-state index contributed by atoms with van der Waals surface area (Å²) in [4.78, 5) is 31.9. The van der Waals surface area contributed by atoms with E-state index < -0.39 is 0 Å². The standard InChI is InChI=1S/C22H23FN4O2/c23-17-4-3-5-18(13-17)25-21(28)15-26-8-10-27(11-9-26)22(29)12-16-14-24-20-7-2-1-6-19(16)20/h1-7,13-14,24H,8-12,15H2,(H,25,28). The highest BCUT2D eigenvalue weighted by Crippen LogP contribution is 2.19. The number of anilines is 1. The predicted octanol–water partition coefficient (Wildman–Crippen LogP) is 2.63. The van der Waals surface area contributed by atoms with Crippen LogP contribution in [-0.4, -0.2) is 59.3 Å². The minimum Gasteiger partial charge on any atom is -0.361 e. The van der Waals surface area contributed by atoms with E-state index in [1.54, 1.807) is 12.1 Å². The second-order valence-corrected chi connectivity index (χ2v) is 7.25. The molecule has 2 amide bonds. The molecule has 1 aliphatic heterocycles. The number of rotatable bonds is 5. The van der Waals surface area contributed by atoms with Crippen molar-refractivity contribution in [2.75, 3.05) is 38.0 Å². The van der Waals surface area contributed by atoms with Gasteiger partial charge in [0.15, 0.2) is 0 Å². The summed E-state index contributed by atoms with van der Waals surface area (Å²) < 4.78 is 13.2. The maximum Gasteiger partial charge on any atom is 0.238 e. The summed E-state index contributed by atoms with van der Waals surface area (Å²) in [7, 11) is 0. The molecular weight excluding hydrogens is 371 g/mol. The van der Waals surface area contributed by atoms with E-state index in [2.05, 4.69) is 10.3 Å². The molecule has 29 heavy (non-hydrogen) atoms. The SMILES string of the molecule is O=C(CN1CCN(C(=O)Cc2c[nH]c3ccccc23)CC1)Nc1cccc(F)c1. The fourth-order valence-electron chi connectivity index (χ4n) is 3.68. The molecule has 0 spiro atoms. The van der Waals surface area contributed by atoms with Crippen molar-refractivity contribution in [3.05, 3.63) is 66.1 Å². The van der Waals surface area contributed by atoms with E-state index >= 15 is 0 Å². The van der Waals surface area contributed by atoms with Crippen LogP contribution in [0.15, 0.2) is 54.7 Å². The van der Waals surface area contributed by atoms with Crippen molar-refractivity contribution in [2.45, 2.75) is 6.42 Å². The zero-order valence-electron chi connectivity index (χ0n) is 16.0. The molecule has 1 aromatic heterocycles. The number of para-hydroxylation sites is 1. The van der Waals surface area contributed by atoms with E-state index in [4.69, 9.17) is 0 Å². The molecule has 6 nitrogen and oxygen atoms in total. The van der Waals surface area contributed by atoms with Crippen molar-refractivity contribution < 1.29 is 14.0 Å². The van der Waals surface area contributed by atoms with Gasteiger partial charge in [-0.15, -0.1) is 0 Å². The molecule has 0 bridgehead atoms. The number of halogens is 1. The van der Waals surface area contributed by atoms with Crippen LogP contribution in [0, 0.1) is 5.82 Å². The van der Waals surface area contributed by atoms with E-state index in [1.807, 2.05) is 40.3 Å². The van der Waals surface area contributed by atoms with Crippen LogP contribution in [0.25, 0.3) is 10.9 Å². The van der Waals surface area contributed by atoms with Crippen LogP contribution >= 0.6 is 0 Å². The number of fused-ring (bicyclic) bond motifs is 1. The third-order valence-corrected chi connectivity index (χ3v) is 5.22. The molecule has 1 aliphatic rings. The Hall–Kier alpha value is -3.19. The average molecular weight is 394 g/mol. The van der Waals surface area contributed by atoms with Crippen LogP contribution < -0.4 is 5.32 Å². The van der Waals surface area contributed by atoms with Crippen molar-refractivity contribution in [3.63, 3.8) is 0 Å². The third kappa shape index (κ3) is 4.63. The van der Waals surface area contributed by atoms with Crippen molar-refractivity contribution in [1.29, 1.82) is 0 Å². The molecule has 2 N–H and O–H groups in total. The van der Waals surface area contributed by atoms with Crippen LogP contribution in [0.3, 0.4) is 0 Å². The van der Waals surface area contributed by atoms with Crippen LogP contribution in [-0.2, 0) is 16.0 Å². The lowest BCUT2D eigenvalue weighted by Crippen LogP contribution is -2.50. The average Bonchev–Trinajstić information content (AvgIpc) is 3.11. The van der Waals surface area contributed by atoms with Gasteiger partial charge in [-0.2, -0.15) is 0 Å². The Morgan fingerprint density at radius 2 is 1.83 bits per heavy atom. The van der Waals surface area contributed by atoms with Crippen molar-refractivity contribution in [1.82, 2.24) is 14.8 Å². The van der Waals surface area contributed by atoms with Crippen LogP contribution in [0.1, 0.15) is 5.56 Å². The second-order valence-electron chi connectivity index (χ2n) is 7.25. The minimum atomic E-state index is -0.384. The van der Waals surface area contributed by atoms with Gasteiger partial charge in [0.2, 0.25) is 11.8 Å². The summed E-state index contributed by atoms with van der Waals surface area (Å²) in [6, 6.07) is 13.8. The summed E-state index contributed by atoms with van der Waals surface area (Å²) >= 11 is 0. The number of piperazine rings is 1. The molecule has 0 radical (unpaired) electrons. The zero-order chi connectivity index (χ0) is 20.2. The molecule has 0 unspecified atom stereocenters. The van der Waals surface area contributed by atoms with Gasteiger partial charge in [-0.3, -0.25) is 14.5 Å². The molecule has 1 saturated heterocycles. The largest absolute Gasteiger partial charge is 0.361 e. The van der Waals surface area contributed by atoms with E-state index in [-0.39, 0.29) is 24.2 Å². The maximum atomic E-state index is 13.2. The number of nitrogens with zero attached hydrogens (tertiary/aromatic N) is 2. The quantitative estimate of drug-likeness (QED) is 0.699. The zero-order valence-corrected chi connectivity index (χ0v) is 16.0. The van der Waals surface area contributed by atoms with Crippen LogP contribution in [0.2, 0.25) is 0 Å². The fraction of sp³-hybridized carbons (Fsp3) is 0.273. The summed E-state index contributed by atoms with van der Waals surface area (Å²) in [5.74, 6) is -0.474. The number of amides is 2. The summed E-state index contributed by atoms with van der Waals surface area (Å²) in [5.41, 5.74) is 2.48. The number of nitrogens with one attached hydrogen (secondary N) is 2. The molecule has 3 aromatic rings. The molecule has 4 rings (SSSR count). The van der Waals surface area contributed by atoms with Crippen molar-refractivity contribution >= 4 is 28.4 Å². The minimum absolute atomic E-state index is 0.0959. The molecule has 0 aliphatic carbocycles. The first-order chi connectivity index (χ1) is 14.1. The molecule has 1 fully saturated rings. The molecule has 150 valence electrons. The number of carbonyl (C=O) groups is 2. The first kappa shape index (κ1) is 19.1. The van der Waals surface area contributed by atoms with Gasteiger partial charge >= 0.3 is 0 Å². The molecule has 2 heterocycles. The van der Waals surface area contributed by atoms with Gasteiger partial charge in [-0.05, 0) is 29.8 Å². The lowest BCUT2D eigenvalue weighted by atomic mass is 10.1. The Balaban J connectivity index is 1.26. The number of aromatic nitrogens is 1. The molecule has 0 saturated carbocycles. The molecule has 0 atom stereocenters. The van der Waals surface area contributed by atoms with Crippen molar-refractivity contribution in [2.24, 2.45) is 0 Å². The van der Waals surface area contributed by atoms with Crippen molar-refractivity contribution in [3.8, 4) is 0 Å². The Morgan fingerprint density at radius 1 is 1.03 bits per heavy atom. The Kier molecular flexibility index (Phi) is 5.57. The summed E-state index contributed by atoms with van der Waals surface area (Å²) in [6.45, 7) is 2.68. The Labute approximate surface area is 168 Å². The first-order valence-electron chi connectivity index (χ1n) is 9.69. The molecular formula is C22H23FN4O2. The van der Waals surface area contributed by atoms with Gasteiger partial charge in [-0.25, -0.2) is 4.39 Å². The van der Waals surface area contributed by atoms with E-state index in [0.717, 1.165) is 16.5 Å². The third-order valence-electron chi connectivity index (χ3n) is 5.22. The van der Waals surface area contributed by atoms with E-state index in [1.165, 1.54) is 12.1 Å². The van der Waals surface area contributed by atoms with Crippen LogP contribution in [0.4, 0.5) is 10.1 Å². The van der Waals surface area contributed by atoms with E-state index in [0.29, 0.717) is 38.3 Å². The highest BCUT2D eigenvalue weighted by Gasteiger charge is 2.23. The Bertz CT molecular complexity index is 1020. The monoisotopic (exact) mass is 394 g/mol. The Morgan fingerprint density at radius 3 is 2.62 bits per heavy atom. The first-order valence-corrected chi connectivity index (χ1v) is 9.69. The number of aromatic amines is 1. The van der Waals surface area contributed by atoms with Gasteiger partial charge < -0.3 is 15.2 Å². The smallest absolute Gasteiger partial charge is 0.238 e. The lowest BCUT2D eigenvalue weighted by molar-refractivity contribution is -0.132. The summed E-state index contributed by atoms with van der Waals surface area (Å²) in [5, 5.41) is 3.78. The number of H-pyrrole nitrogens is 1. The van der Waals surface area contributed by atoms with Gasteiger partial charge in [0.25, 0.3) is 0 Å². The number of hydrogen-bond donors (Lipinski definition) is 2. The van der Waals surface area contributed by atoms with Crippen LogP contribution in [0.5, 0.6) is 0 Å². The van der Waals surface area contributed by atoms with Gasteiger partial charge in [0, 0.05) is 49.0 Å². The highest BCUT2D eigenvalue weighted by molar-refractivity contribution is 5.92. The predicted molar refractivity (Wildman–Crippen MR) is 110 cm³/mol. The van der Waals surface area contributed by atoms with Gasteiger partial charge in [0.1, 0.15) is 5.82 Å². The number of carbonyl (C=O) groups excluding carboxylic acids is 2. The summed E-state index contributed by atoms with van der Waals surface area (Å²) in [6.07, 6.45) is 2.26. The fourth-order valence-corrected chi connectivity index (χ4v) is 3.68. The molecule has 2 aromatic carbocycles. The number of hydrogen-bond acceptors (Lipinski definition) is 3. The maximum absolute atomic E-state index is 13.2.